The van der Waals surface area contributed by atoms with Crippen LogP contribution in [0.3, 0.4) is 0 Å². The first kappa shape index (κ1) is 26.2. The molecule has 0 saturated carbocycles. The second-order valence-electron chi connectivity index (χ2n) is 9.04. The van der Waals surface area contributed by atoms with Crippen LogP contribution in [0.2, 0.25) is 0 Å². The van der Waals surface area contributed by atoms with Gasteiger partial charge in [-0.2, -0.15) is 0 Å². The van der Waals surface area contributed by atoms with Crippen molar-refractivity contribution in [2.75, 3.05) is 16.8 Å². The number of aryl methyl sites for hydroxylation is 3. The zero-order valence-electron chi connectivity index (χ0n) is 21.5. The smallest absolute Gasteiger partial charge is 0.338 e. The summed E-state index contributed by atoms with van der Waals surface area (Å²) < 4.78 is 5.26. The summed E-state index contributed by atoms with van der Waals surface area (Å²) in [5.41, 5.74) is 4.86. The number of nitrogens with zero attached hydrogens (tertiary/aromatic N) is 1. The van der Waals surface area contributed by atoms with E-state index < -0.39 is 17.8 Å². The Morgan fingerprint density at radius 1 is 0.892 bits per heavy atom. The number of amides is 2. The van der Waals surface area contributed by atoms with E-state index in [1.165, 1.54) is 11.8 Å². The van der Waals surface area contributed by atoms with Gasteiger partial charge < -0.3 is 10.1 Å². The number of nitrogens with one attached hydrogen (secondary N) is 1. The van der Waals surface area contributed by atoms with Crippen LogP contribution in [0.15, 0.2) is 82.2 Å². The zero-order valence-corrected chi connectivity index (χ0v) is 22.3. The number of anilines is 2. The number of benzene rings is 3. The molecule has 1 aliphatic rings. The number of esters is 1. The molecule has 0 aromatic heterocycles. The Labute approximate surface area is 221 Å². The fraction of sp³-hybridized carbons (Fsp3) is 0.233. The number of carbonyl (C=O) groups excluding carboxylic acids is 3. The average molecular weight is 515 g/mol. The zero-order chi connectivity index (χ0) is 26.5. The first-order chi connectivity index (χ1) is 17.8. The van der Waals surface area contributed by atoms with Crippen molar-refractivity contribution in [1.82, 2.24) is 0 Å². The molecule has 0 bridgehead atoms. The molecule has 0 radical (unpaired) electrons. The molecule has 0 unspecified atom stereocenters. The van der Waals surface area contributed by atoms with Gasteiger partial charge in [-0.1, -0.05) is 54.9 Å². The van der Waals surface area contributed by atoms with Crippen molar-refractivity contribution in [3.63, 3.8) is 0 Å². The van der Waals surface area contributed by atoms with Crippen LogP contribution in [0, 0.1) is 20.8 Å². The minimum absolute atomic E-state index is 0.229. The molecule has 1 N–H and O–H groups in total. The third-order valence-electron chi connectivity index (χ3n) is 6.03. The van der Waals surface area contributed by atoms with Gasteiger partial charge in [0.2, 0.25) is 0 Å². The van der Waals surface area contributed by atoms with Crippen molar-refractivity contribution in [3.05, 3.63) is 99.6 Å². The molecule has 0 saturated heterocycles. The highest BCUT2D eigenvalue weighted by molar-refractivity contribution is 8.04. The molecule has 37 heavy (non-hydrogen) atoms. The molecular formula is C30H30N2O4S. The lowest BCUT2D eigenvalue weighted by atomic mass is 10.1. The van der Waals surface area contributed by atoms with E-state index in [2.05, 4.69) is 5.32 Å². The summed E-state index contributed by atoms with van der Waals surface area (Å²) in [5, 5.41) is 3.24. The van der Waals surface area contributed by atoms with Crippen LogP contribution < -0.4 is 10.2 Å². The van der Waals surface area contributed by atoms with Crippen LogP contribution in [-0.2, 0) is 14.3 Å². The van der Waals surface area contributed by atoms with E-state index in [9.17, 15) is 14.4 Å². The molecule has 2 amide bonds. The average Bonchev–Trinajstić information content (AvgIpc) is 3.11. The molecule has 3 aromatic rings. The van der Waals surface area contributed by atoms with Crippen LogP contribution in [0.1, 0.15) is 46.8 Å². The van der Waals surface area contributed by atoms with Gasteiger partial charge in [0.25, 0.3) is 11.8 Å². The van der Waals surface area contributed by atoms with Gasteiger partial charge >= 0.3 is 5.97 Å². The summed E-state index contributed by atoms with van der Waals surface area (Å²) in [4.78, 5) is 41.9. The highest BCUT2D eigenvalue weighted by Gasteiger charge is 2.40. The first-order valence-corrected chi connectivity index (χ1v) is 13.1. The Balaban J connectivity index is 1.65. The maximum Gasteiger partial charge on any atom is 0.338 e. The highest BCUT2D eigenvalue weighted by Crippen LogP contribution is 2.38. The quantitative estimate of drug-likeness (QED) is 0.198. The number of hydrogen-bond acceptors (Lipinski definition) is 6. The van der Waals surface area contributed by atoms with Crippen LogP contribution in [0.25, 0.3) is 0 Å². The van der Waals surface area contributed by atoms with Gasteiger partial charge in [0, 0.05) is 10.6 Å². The number of ether oxygens (including phenoxy) is 1. The van der Waals surface area contributed by atoms with Gasteiger partial charge in [-0.25, -0.2) is 9.69 Å². The summed E-state index contributed by atoms with van der Waals surface area (Å²) in [6.07, 6.45) is 1.73. The molecule has 4 rings (SSSR count). The lowest BCUT2D eigenvalue weighted by Gasteiger charge is -2.16. The summed E-state index contributed by atoms with van der Waals surface area (Å²) in [6.45, 7) is 8.30. The van der Waals surface area contributed by atoms with E-state index in [1.807, 2.05) is 70.2 Å². The second kappa shape index (κ2) is 11.5. The third kappa shape index (κ3) is 5.94. The fourth-order valence-corrected chi connectivity index (χ4v) is 4.74. The predicted molar refractivity (Wildman–Crippen MR) is 148 cm³/mol. The van der Waals surface area contributed by atoms with Crippen LogP contribution in [-0.4, -0.2) is 24.4 Å². The van der Waals surface area contributed by atoms with Gasteiger partial charge in [-0.15, -0.1) is 0 Å². The fourth-order valence-electron chi connectivity index (χ4n) is 3.82. The van der Waals surface area contributed by atoms with E-state index in [4.69, 9.17) is 4.74 Å². The molecule has 0 aliphatic carbocycles. The van der Waals surface area contributed by atoms with Gasteiger partial charge in [0.05, 0.1) is 17.9 Å². The predicted octanol–water partition coefficient (Wildman–Crippen LogP) is 6.56. The molecular weight excluding hydrogens is 484 g/mol. The molecule has 1 heterocycles. The number of hydrogen-bond donors (Lipinski definition) is 1. The Bertz CT molecular complexity index is 1360. The molecule has 7 heteroatoms. The normalized spacial score (nSPS) is 13.4. The summed E-state index contributed by atoms with van der Waals surface area (Å²) in [6, 6.07) is 20.1. The van der Waals surface area contributed by atoms with Crippen molar-refractivity contribution in [1.29, 1.82) is 0 Å². The molecule has 1 aliphatic heterocycles. The standard InChI is InChI=1S/C30H30N2O4S/c1-5-6-17-36-30(35)22-11-13-23(14-12-22)32-28(33)26(31-25-18-20(3)7-10-21(25)4)27(29(32)34)37-24-15-8-19(2)9-16-24/h7-16,18,31H,5-6,17H2,1-4H3. The number of imide groups is 1. The molecule has 6 nitrogen and oxygen atoms in total. The molecule has 0 atom stereocenters. The van der Waals surface area contributed by atoms with Gasteiger partial charge in [-0.3, -0.25) is 9.59 Å². The van der Waals surface area contributed by atoms with E-state index in [-0.39, 0.29) is 5.70 Å². The topological polar surface area (TPSA) is 75.7 Å². The largest absolute Gasteiger partial charge is 0.462 e. The first-order valence-electron chi connectivity index (χ1n) is 12.3. The number of thioether (sulfide) groups is 1. The summed E-state index contributed by atoms with van der Waals surface area (Å²) >= 11 is 1.26. The number of unbranched alkanes of at least 4 members (excludes halogenated alkanes) is 1. The Morgan fingerprint density at radius 3 is 2.24 bits per heavy atom. The van der Waals surface area contributed by atoms with Gasteiger partial charge in [0.15, 0.2) is 0 Å². The van der Waals surface area contributed by atoms with E-state index in [1.54, 1.807) is 24.3 Å². The van der Waals surface area contributed by atoms with E-state index >= 15 is 0 Å². The third-order valence-corrected chi connectivity index (χ3v) is 7.12. The van der Waals surface area contributed by atoms with Gasteiger partial charge in [-0.05, 0) is 80.8 Å². The second-order valence-corrected chi connectivity index (χ2v) is 10.1. The monoisotopic (exact) mass is 514 g/mol. The van der Waals surface area contributed by atoms with Crippen molar-refractivity contribution in [3.8, 4) is 0 Å². The van der Waals surface area contributed by atoms with Crippen molar-refractivity contribution >= 4 is 40.9 Å². The van der Waals surface area contributed by atoms with Crippen molar-refractivity contribution in [2.24, 2.45) is 0 Å². The van der Waals surface area contributed by atoms with Crippen LogP contribution >= 0.6 is 11.8 Å². The maximum absolute atomic E-state index is 13.6. The maximum atomic E-state index is 13.6. The van der Waals surface area contributed by atoms with Gasteiger partial charge in [0.1, 0.15) is 10.6 Å². The number of carbonyl (C=O) groups is 3. The SMILES string of the molecule is CCCCOC(=O)c1ccc(N2C(=O)C(Nc3cc(C)ccc3C)=C(Sc3ccc(C)cc3)C2=O)cc1. The molecule has 3 aromatic carbocycles. The minimum atomic E-state index is -0.446. The highest BCUT2D eigenvalue weighted by atomic mass is 32.2. The number of rotatable bonds is 9. The van der Waals surface area contributed by atoms with Crippen molar-refractivity contribution in [2.45, 2.75) is 45.4 Å². The van der Waals surface area contributed by atoms with E-state index in [0.29, 0.717) is 22.8 Å². The molecule has 0 spiro atoms. The van der Waals surface area contributed by atoms with E-state index in [0.717, 1.165) is 45.0 Å². The Morgan fingerprint density at radius 2 is 1.57 bits per heavy atom. The van der Waals surface area contributed by atoms with Crippen LogP contribution in [0.5, 0.6) is 0 Å². The lowest BCUT2D eigenvalue weighted by Crippen LogP contribution is -2.32. The van der Waals surface area contributed by atoms with Crippen molar-refractivity contribution < 1.29 is 19.1 Å². The Kier molecular flexibility index (Phi) is 8.14. The Hall–Kier alpha value is -3.84. The summed E-state index contributed by atoms with van der Waals surface area (Å²) in [7, 11) is 0. The summed E-state index contributed by atoms with van der Waals surface area (Å²) in [5.74, 6) is -1.29. The molecule has 190 valence electrons. The van der Waals surface area contributed by atoms with Crippen LogP contribution in [0.4, 0.5) is 11.4 Å². The minimum Gasteiger partial charge on any atom is -0.462 e. The lowest BCUT2D eigenvalue weighted by molar-refractivity contribution is -0.120. The molecule has 0 fully saturated rings.